The second-order valence-electron chi connectivity index (χ2n) is 9.08. The van der Waals surface area contributed by atoms with Crippen LogP contribution in [-0.4, -0.2) is 49.5 Å². The number of methoxy groups -OCH3 is 1. The fraction of sp³-hybridized carbons (Fsp3) is 0.652. The van der Waals surface area contributed by atoms with Gasteiger partial charge in [0, 0.05) is 43.2 Å². The lowest BCUT2D eigenvalue weighted by molar-refractivity contribution is 0.0595. The first-order chi connectivity index (χ1) is 15.8. The smallest absolute Gasteiger partial charge is 0.340 e. The molecule has 3 heterocycles. The SMILES string of the molecule is CCc1nc(CN2CCc3c(sc(S(=O)(=O)NCC4CCCCC4)c3C(=O)OC)C2)c(C)[nH]1. The van der Waals surface area contributed by atoms with E-state index >= 15 is 0 Å². The molecule has 1 saturated carbocycles. The first kappa shape index (κ1) is 24.4. The number of H-pyrrole nitrogens is 1. The molecule has 0 amide bonds. The molecule has 4 rings (SSSR count). The van der Waals surface area contributed by atoms with E-state index in [-0.39, 0.29) is 9.77 Å². The summed E-state index contributed by atoms with van der Waals surface area (Å²) >= 11 is 1.21. The highest BCUT2D eigenvalue weighted by Gasteiger charge is 2.34. The molecule has 8 nitrogen and oxygen atoms in total. The summed E-state index contributed by atoms with van der Waals surface area (Å²) in [6, 6.07) is 0. The van der Waals surface area contributed by atoms with Crippen molar-refractivity contribution in [3.8, 4) is 0 Å². The summed E-state index contributed by atoms with van der Waals surface area (Å²) in [5, 5.41) is 0. The second-order valence-corrected chi connectivity index (χ2v) is 12.2. The minimum Gasteiger partial charge on any atom is -0.465 e. The number of hydrogen-bond donors (Lipinski definition) is 2. The van der Waals surface area contributed by atoms with Gasteiger partial charge in [0.05, 0.1) is 18.4 Å². The molecule has 2 aromatic rings. The number of carbonyl (C=O) groups excluding carboxylic acids is 1. The molecule has 33 heavy (non-hydrogen) atoms. The molecule has 2 aliphatic rings. The van der Waals surface area contributed by atoms with Crippen LogP contribution in [-0.2, 0) is 40.7 Å². The Labute approximate surface area is 200 Å². The van der Waals surface area contributed by atoms with Crippen LogP contribution in [0.25, 0.3) is 0 Å². The topological polar surface area (TPSA) is 104 Å². The van der Waals surface area contributed by atoms with Gasteiger partial charge in [-0.1, -0.05) is 26.2 Å². The molecule has 1 aliphatic carbocycles. The lowest BCUT2D eigenvalue weighted by atomic mass is 9.90. The van der Waals surface area contributed by atoms with Crippen molar-refractivity contribution >= 4 is 27.3 Å². The Bertz CT molecular complexity index is 1100. The van der Waals surface area contributed by atoms with Crippen molar-refractivity contribution in [2.24, 2.45) is 5.92 Å². The number of rotatable bonds is 8. The Hall–Kier alpha value is -1.75. The molecule has 2 aromatic heterocycles. The summed E-state index contributed by atoms with van der Waals surface area (Å²) < 4.78 is 34.4. The third kappa shape index (κ3) is 5.34. The molecule has 2 N–H and O–H groups in total. The van der Waals surface area contributed by atoms with Crippen LogP contribution >= 0.6 is 11.3 Å². The van der Waals surface area contributed by atoms with Crippen molar-refractivity contribution in [3.05, 3.63) is 33.2 Å². The molecular formula is C23H34N4O4S2. The van der Waals surface area contributed by atoms with Gasteiger partial charge >= 0.3 is 5.97 Å². The van der Waals surface area contributed by atoms with Crippen LogP contribution in [0.1, 0.15) is 77.0 Å². The van der Waals surface area contributed by atoms with Crippen LogP contribution in [0.5, 0.6) is 0 Å². The van der Waals surface area contributed by atoms with Crippen LogP contribution in [0.3, 0.4) is 0 Å². The number of fused-ring (bicyclic) bond motifs is 1. The molecular weight excluding hydrogens is 460 g/mol. The molecule has 10 heteroatoms. The van der Waals surface area contributed by atoms with E-state index in [9.17, 15) is 13.2 Å². The quantitative estimate of drug-likeness (QED) is 0.544. The van der Waals surface area contributed by atoms with E-state index in [1.165, 1.54) is 24.9 Å². The monoisotopic (exact) mass is 494 g/mol. The van der Waals surface area contributed by atoms with Crippen LogP contribution in [0, 0.1) is 12.8 Å². The van der Waals surface area contributed by atoms with Gasteiger partial charge in [0.25, 0.3) is 10.0 Å². The minimum absolute atomic E-state index is 0.0984. The van der Waals surface area contributed by atoms with Gasteiger partial charge in [0.1, 0.15) is 10.0 Å². The number of aromatic nitrogens is 2. The van der Waals surface area contributed by atoms with Crippen molar-refractivity contribution in [1.82, 2.24) is 19.6 Å². The number of aromatic amines is 1. The predicted molar refractivity (Wildman–Crippen MR) is 128 cm³/mol. The molecule has 1 aliphatic heterocycles. The average Bonchev–Trinajstić information content (AvgIpc) is 3.38. The first-order valence-corrected chi connectivity index (χ1v) is 14.1. The number of imidazole rings is 1. The molecule has 0 saturated heterocycles. The summed E-state index contributed by atoms with van der Waals surface area (Å²) in [6.07, 6.45) is 7.09. The van der Waals surface area contributed by atoms with Crippen LogP contribution < -0.4 is 4.72 Å². The van der Waals surface area contributed by atoms with Gasteiger partial charge in [-0.05, 0) is 37.7 Å². The van der Waals surface area contributed by atoms with Gasteiger partial charge in [0.2, 0.25) is 0 Å². The maximum atomic E-state index is 13.3. The number of nitrogens with one attached hydrogen (secondary N) is 2. The lowest BCUT2D eigenvalue weighted by Gasteiger charge is -2.26. The van der Waals surface area contributed by atoms with E-state index in [0.717, 1.165) is 66.3 Å². The Balaban J connectivity index is 1.55. The van der Waals surface area contributed by atoms with Crippen molar-refractivity contribution < 1.29 is 17.9 Å². The van der Waals surface area contributed by atoms with Crippen molar-refractivity contribution in [2.45, 2.75) is 76.1 Å². The normalized spacial score (nSPS) is 17.8. The van der Waals surface area contributed by atoms with Crippen LogP contribution in [0.2, 0.25) is 0 Å². The fourth-order valence-electron chi connectivity index (χ4n) is 4.84. The number of thiophene rings is 1. The molecule has 1 fully saturated rings. The molecule has 0 spiro atoms. The Kier molecular flexibility index (Phi) is 7.57. The predicted octanol–water partition coefficient (Wildman–Crippen LogP) is 3.55. The van der Waals surface area contributed by atoms with E-state index in [2.05, 4.69) is 26.5 Å². The van der Waals surface area contributed by atoms with E-state index in [0.29, 0.717) is 32.0 Å². The zero-order valence-electron chi connectivity index (χ0n) is 19.7. The largest absolute Gasteiger partial charge is 0.465 e. The molecule has 0 atom stereocenters. The summed E-state index contributed by atoms with van der Waals surface area (Å²) in [5.41, 5.74) is 3.11. The first-order valence-electron chi connectivity index (χ1n) is 11.8. The van der Waals surface area contributed by atoms with Crippen molar-refractivity contribution in [1.29, 1.82) is 0 Å². The highest BCUT2D eigenvalue weighted by Crippen LogP contribution is 2.37. The van der Waals surface area contributed by atoms with Gasteiger partial charge in [-0.2, -0.15) is 0 Å². The number of aryl methyl sites for hydroxylation is 2. The second kappa shape index (κ2) is 10.2. The third-order valence-corrected chi connectivity index (χ3v) is 9.93. The van der Waals surface area contributed by atoms with E-state index in [4.69, 9.17) is 4.74 Å². The Morgan fingerprint density at radius 2 is 2.06 bits per heavy atom. The summed E-state index contributed by atoms with van der Waals surface area (Å²) in [5.74, 6) is 0.765. The van der Waals surface area contributed by atoms with Gasteiger partial charge in [-0.15, -0.1) is 11.3 Å². The molecule has 0 aromatic carbocycles. The van der Waals surface area contributed by atoms with Crippen LogP contribution in [0.15, 0.2) is 4.21 Å². The zero-order valence-corrected chi connectivity index (χ0v) is 21.3. The highest BCUT2D eigenvalue weighted by molar-refractivity contribution is 7.91. The molecule has 0 unspecified atom stereocenters. The summed E-state index contributed by atoms with van der Waals surface area (Å²) in [6.45, 7) is 6.54. The average molecular weight is 495 g/mol. The standard InChI is InChI=1S/C23H34N4O4S2/c1-4-20-25-15(2)18(26-20)13-27-11-10-17-19(14-27)32-23(21(17)22(28)31-3)33(29,30)24-12-16-8-6-5-7-9-16/h16,24H,4-14H2,1-3H3,(H,25,26). The number of carbonyl (C=O) groups is 1. The number of sulfonamides is 1. The number of ether oxygens (including phenoxy) is 1. The fourth-order valence-corrected chi connectivity index (χ4v) is 7.93. The van der Waals surface area contributed by atoms with Gasteiger partial charge in [0.15, 0.2) is 0 Å². The van der Waals surface area contributed by atoms with Gasteiger partial charge < -0.3 is 9.72 Å². The Morgan fingerprint density at radius 1 is 1.30 bits per heavy atom. The number of hydrogen-bond acceptors (Lipinski definition) is 7. The van der Waals surface area contributed by atoms with E-state index in [1.807, 2.05) is 6.92 Å². The van der Waals surface area contributed by atoms with Crippen molar-refractivity contribution in [3.63, 3.8) is 0 Å². The minimum atomic E-state index is -3.79. The van der Waals surface area contributed by atoms with Crippen molar-refractivity contribution in [2.75, 3.05) is 20.2 Å². The van der Waals surface area contributed by atoms with Gasteiger partial charge in [-0.25, -0.2) is 22.9 Å². The third-order valence-electron chi connectivity index (χ3n) is 6.77. The lowest BCUT2D eigenvalue weighted by Crippen LogP contribution is -2.31. The maximum Gasteiger partial charge on any atom is 0.340 e. The van der Waals surface area contributed by atoms with Gasteiger partial charge in [-0.3, -0.25) is 4.90 Å². The number of nitrogens with zero attached hydrogens (tertiary/aromatic N) is 2. The molecule has 182 valence electrons. The van der Waals surface area contributed by atoms with Crippen LogP contribution in [0.4, 0.5) is 0 Å². The zero-order chi connectivity index (χ0) is 23.6. The van der Waals surface area contributed by atoms with E-state index in [1.54, 1.807) is 0 Å². The van der Waals surface area contributed by atoms with E-state index < -0.39 is 16.0 Å². The number of esters is 1. The highest BCUT2D eigenvalue weighted by atomic mass is 32.2. The molecule has 0 bridgehead atoms. The summed E-state index contributed by atoms with van der Waals surface area (Å²) in [7, 11) is -2.49. The Morgan fingerprint density at radius 3 is 2.73 bits per heavy atom. The maximum absolute atomic E-state index is 13.3. The molecule has 0 radical (unpaired) electrons. The summed E-state index contributed by atoms with van der Waals surface area (Å²) in [4.78, 5) is 23.8.